The third-order valence-electron chi connectivity index (χ3n) is 2.43. The van der Waals surface area contributed by atoms with E-state index in [-0.39, 0.29) is 5.56 Å². The molecule has 3 nitrogen and oxygen atoms in total. The molecule has 3 N–H and O–H groups in total. The first kappa shape index (κ1) is 12.9. The van der Waals surface area contributed by atoms with Gasteiger partial charge >= 0.3 is 5.97 Å². The number of rotatable bonds is 4. The molecule has 0 saturated heterocycles. The van der Waals surface area contributed by atoms with Crippen molar-refractivity contribution in [3.05, 3.63) is 28.8 Å². The predicted octanol–water partition coefficient (Wildman–Crippen LogP) is 2.92. The Balaban J connectivity index is 2.98. The molecule has 0 aliphatic rings. The average Bonchev–Trinajstić information content (AvgIpc) is 2.19. The van der Waals surface area contributed by atoms with Crippen molar-refractivity contribution in [2.75, 3.05) is 5.73 Å². The maximum absolute atomic E-state index is 10.9. The maximum atomic E-state index is 10.9. The van der Waals surface area contributed by atoms with Gasteiger partial charge in [-0.15, -0.1) is 0 Å². The lowest BCUT2D eigenvalue weighted by Gasteiger charge is -2.11. The first-order chi connectivity index (χ1) is 7.43. The topological polar surface area (TPSA) is 63.3 Å². The van der Waals surface area contributed by atoms with Gasteiger partial charge in [-0.05, 0) is 29.4 Å². The van der Waals surface area contributed by atoms with Gasteiger partial charge in [0.15, 0.2) is 0 Å². The lowest BCUT2D eigenvalue weighted by Crippen LogP contribution is -2.06. The summed E-state index contributed by atoms with van der Waals surface area (Å²) in [5.74, 6) is -0.100. The van der Waals surface area contributed by atoms with Crippen LogP contribution in [0.15, 0.2) is 12.1 Å². The molecule has 0 spiro atoms. The highest BCUT2D eigenvalue weighted by Crippen LogP contribution is 2.25. The molecule has 0 saturated carbocycles. The van der Waals surface area contributed by atoms with Gasteiger partial charge in [0, 0.05) is 11.4 Å². The molecule has 1 aromatic rings. The standard InChI is InChI=1S/C12H17NO2S/c1-7(2)16-6-9-4-5-10(12(14)15)11(13)8(9)3/h4-5,7H,6,13H2,1-3H3,(H,14,15). The highest BCUT2D eigenvalue weighted by atomic mass is 32.2. The third kappa shape index (κ3) is 2.92. The Morgan fingerprint density at radius 3 is 2.62 bits per heavy atom. The molecule has 1 rings (SSSR count). The molecule has 0 bridgehead atoms. The summed E-state index contributed by atoms with van der Waals surface area (Å²) in [4.78, 5) is 10.9. The maximum Gasteiger partial charge on any atom is 0.337 e. The summed E-state index contributed by atoms with van der Waals surface area (Å²) >= 11 is 1.82. The van der Waals surface area contributed by atoms with Gasteiger partial charge < -0.3 is 10.8 Å². The third-order valence-corrected chi connectivity index (χ3v) is 3.57. The minimum absolute atomic E-state index is 0.191. The fourth-order valence-corrected chi connectivity index (χ4v) is 2.20. The van der Waals surface area contributed by atoms with Crippen LogP contribution in [0.2, 0.25) is 0 Å². The lowest BCUT2D eigenvalue weighted by atomic mass is 10.0. The van der Waals surface area contributed by atoms with Crippen LogP contribution in [-0.4, -0.2) is 16.3 Å². The van der Waals surface area contributed by atoms with Crippen molar-refractivity contribution in [1.29, 1.82) is 0 Å². The summed E-state index contributed by atoms with van der Waals surface area (Å²) in [6.45, 7) is 6.14. The number of hydrogen-bond donors (Lipinski definition) is 2. The molecule has 0 radical (unpaired) electrons. The Bertz CT molecular complexity index is 402. The van der Waals surface area contributed by atoms with Crippen molar-refractivity contribution in [3.63, 3.8) is 0 Å². The van der Waals surface area contributed by atoms with Crippen LogP contribution < -0.4 is 5.73 Å². The van der Waals surface area contributed by atoms with E-state index in [1.54, 1.807) is 6.07 Å². The van der Waals surface area contributed by atoms with E-state index < -0.39 is 5.97 Å². The zero-order valence-electron chi connectivity index (χ0n) is 9.78. The van der Waals surface area contributed by atoms with Gasteiger partial charge in [-0.3, -0.25) is 0 Å². The summed E-state index contributed by atoms with van der Waals surface area (Å²) in [6.07, 6.45) is 0. The van der Waals surface area contributed by atoms with E-state index in [0.717, 1.165) is 16.9 Å². The molecule has 0 aliphatic heterocycles. The fourth-order valence-electron chi connectivity index (χ4n) is 1.37. The van der Waals surface area contributed by atoms with E-state index >= 15 is 0 Å². The van der Waals surface area contributed by atoms with Crippen LogP contribution in [0, 0.1) is 6.92 Å². The van der Waals surface area contributed by atoms with Crippen LogP contribution in [0.1, 0.15) is 35.3 Å². The number of thioether (sulfide) groups is 1. The highest BCUT2D eigenvalue weighted by Gasteiger charge is 2.12. The summed E-state index contributed by atoms with van der Waals surface area (Å²) in [7, 11) is 0. The second kappa shape index (κ2) is 5.25. The number of nitrogens with two attached hydrogens (primary N) is 1. The highest BCUT2D eigenvalue weighted by molar-refractivity contribution is 7.99. The molecular formula is C12H17NO2S. The van der Waals surface area contributed by atoms with Crippen molar-refractivity contribution in [1.82, 2.24) is 0 Å². The van der Waals surface area contributed by atoms with Crippen molar-refractivity contribution >= 4 is 23.4 Å². The minimum atomic E-state index is -0.969. The number of benzene rings is 1. The van der Waals surface area contributed by atoms with Crippen LogP contribution >= 0.6 is 11.8 Å². The Labute approximate surface area is 100 Å². The Kier molecular flexibility index (Phi) is 4.24. The second-order valence-corrected chi connectivity index (χ2v) is 5.54. The SMILES string of the molecule is Cc1c(CSC(C)C)ccc(C(=O)O)c1N. The summed E-state index contributed by atoms with van der Waals surface area (Å²) < 4.78 is 0. The van der Waals surface area contributed by atoms with Gasteiger partial charge in [0.1, 0.15) is 0 Å². The van der Waals surface area contributed by atoms with E-state index in [9.17, 15) is 4.79 Å². The van der Waals surface area contributed by atoms with Crippen molar-refractivity contribution in [2.45, 2.75) is 31.8 Å². The van der Waals surface area contributed by atoms with Crippen molar-refractivity contribution < 1.29 is 9.90 Å². The van der Waals surface area contributed by atoms with Gasteiger partial charge in [-0.2, -0.15) is 11.8 Å². The molecule has 0 aromatic heterocycles. The summed E-state index contributed by atoms with van der Waals surface area (Å²) in [5.41, 5.74) is 8.37. The molecule has 0 fully saturated rings. The molecule has 0 aliphatic carbocycles. The molecule has 1 aromatic carbocycles. The lowest BCUT2D eigenvalue weighted by molar-refractivity contribution is 0.0698. The molecule has 0 amide bonds. The van der Waals surface area contributed by atoms with Crippen LogP contribution in [-0.2, 0) is 5.75 Å². The summed E-state index contributed by atoms with van der Waals surface area (Å²) in [5, 5.41) is 9.47. The van der Waals surface area contributed by atoms with E-state index in [1.165, 1.54) is 0 Å². The van der Waals surface area contributed by atoms with E-state index in [4.69, 9.17) is 10.8 Å². The second-order valence-electron chi connectivity index (χ2n) is 3.98. The molecular weight excluding hydrogens is 222 g/mol. The number of aromatic carboxylic acids is 1. The van der Waals surface area contributed by atoms with Gasteiger partial charge in [-0.25, -0.2) is 4.79 Å². The van der Waals surface area contributed by atoms with Crippen molar-refractivity contribution in [2.24, 2.45) is 0 Å². The van der Waals surface area contributed by atoms with Crippen molar-refractivity contribution in [3.8, 4) is 0 Å². The molecule has 0 unspecified atom stereocenters. The normalized spacial score (nSPS) is 10.8. The monoisotopic (exact) mass is 239 g/mol. The smallest absolute Gasteiger partial charge is 0.337 e. The van der Waals surface area contributed by atoms with E-state index in [1.807, 2.05) is 24.8 Å². The molecule has 4 heteroatoms. The van der Waals surface area contributed by atoms with E-state index in [2.05, 4.69) is 13.8 Å². The Hall–Kier alpha value is -1.16. The first-order valence-electron chi connectivity index (χ1n) is 5.16. The fraction of sp³-hybridized carbons (Fsp3) is 0.417. The minimum Gasteiger partial charge on any atom is -0.478 e. The number of carbonyl (C=O) groups is 1. The van der Waals surface area contributed by atoms with Gasteiger partial charge in [-0.1, -0.05) is 19.9 Å². The zero-order valence-corrected chi connectivity index (χ0v) is 10.6. The number of anilines is 1. The Morgan fingerprint density at radius 2 is 2.12 bits per heavy atom. The predicted molar refractivity (Wildman–Crippen MR) is 69.0 cm³/mol. The quantitative estimate of drug-likeness (QED) is 0.793. The number of carboxylic acid groups (broad SMARTS) is 1. The zero-order chi connectivity index (χ0) is 12.3. The first-order valence-corrected chi connectivity index (χ1v) is 6.21. The molecule has 0 atom stereocenters. The van der Waals surface area contributed by atoms with E-state index in [0.29, 0.717) is 10.9 Å². The molecule has 0 heterocycles. The largest absolute Gasteiger partial charge is 0.478 e. The van der Waals surface area contributed by atoms with Crippen LogP contribution in [0.3, 0.4) is 0 Å². The van der Waals surface area contributed by atoms with Crippen LogP contribution in [0.4, 0.5) is 5.69 Å². The average molecular weight is 239 g/mol. The van der Waals surface area contributed by atoms with Crippen LogP contribution in [0.25, 0.3) is 0 Å². The number of carboxylic acids is 1. The van der Waals surface area contributed by atoms with Gasteiger partial charge in [0.2, 0.25) is 0 Å². The number of nitrogen functional groups attached to an aromatic ring is 1. The van der Waals surface area contributed by atoms with Crippen LogP contribution in [0.5, 0.6) is 0 Å². The van der Waals surface area contributed by atoms with Gasteiger partial charge in [0.25, 0.3) is 0 Å². The van der Waals surface area contributed by atoms with Gasteiger partial charge in [0.05, 0.1) is 5.56 Å². The molecule has 88 valence electrons. The number of hydrogen-bond acceptors (Lipinski definition) is 3. The summed E-state index contributed by atoms with van der Waals surface area (Å²) in [6, 6.07) is 3.44. The Morgan fingerprint density at radius 1 is 1.50 bits per heavy atom. The molecule has 16 heavy (non-hydrogen) atoms.